The van der Waals surface area contributed by atoms with Gasteiger partial charge in [0.2, 0.25) is 5.88 Å². The van der Waals surface area contributed by atoms with Crippen molar-refractivity contribution in [1.29, 1.82) is 0 Å². The summed E-state index contributed by atoms with van der Waals surface area (Å²) in [6.45, 7) is -0.660. The molecule has 0 N–H and O–H groups in total. The lowest BCUT2D eigenvalue weighted by Crippen LogP contribution is -2.29. The highest BCUT2D eigenvalue weighted by Crippen LogP contribution is 2.44. The van der Waals surface area contributed by atoms with Gasteiger partial charge in [0.1, 0.15) is 6.61 Å². The highest BCUT2D eigenvalue weighted by molar-refractivity contribution is 6.14. The van der Waals surface area contributed by atoms with Crippen molar-refractivity contribution in [2.45, 2.75) is 44.1 Å². The molecule has 0 spiro atoms. The van der Waals surface area contributed by atoms with Gasteiger partial charge in [-0.15, -0.1) is 0 Å². The number of alkyl halides is 2. The summed E-state index contributed by atoms with van der Waals surface area (Å²) in [5, 5.41) is 0. The summed E-state index contributed by atoms with van der Waals surface area (Å²) in [5.74, 6) is 1.57. The zero-order chi connectivity index (χ0) is 20.4. The molecule has 4 rings (SSSR count). The van der Waals surface area contributed by atoms with Crippen LogP contribution in [0.3, 0.4) is 0 Å². The van der Waals surface area contributed by atoms with Crippen molar-refractivity contribution >= 4 is 5.71 Å². The molecular weight excluding hydrogens is 378 g/mol. The van der Waals surface area contributed by atoms with Gasteiger partial charge in [0.15, 0.2) is 11.5 Å². The zero-order valence-electron chi connectivity index (χ0n) is 16.5. The van der Waals surface area contributed by atoms with E-state index in [0.717, 1.165) is 48.1 Å². The number of halogens is 2. The van der Waals surface area contributed by atoms with Gasteiger partial charge in [-0.2, -0.15) is 0 Å². The number of nitrogens with zero attached hydrogens (tertiary/aromatic N) is 2. The smallest absolute Gasteiger partial charge is 0.272 e. The molecule has 2 heterocycles. The third-order valence-electron chi connectivity index (χ3n) is 5.60. The molecule has 29 heavy (non-hydrogen) atoms. The second-order valence-corrected chi connectivity index (χ2v) is 7.32. The van der Waals surface area contributed by atoms with Crippen LogP contribution in [0, 0.1) is 0 Å². The van der Waals surface area contributed by atoms with E-state index in [9.17, 15) is 8.78 Å². The number of benzene rings is 1. The Morgan fingerprint density at radius 1 is 1.07 bits per heavy atom. The molecule has 1 unspecified atom stereocenters. The summed E-state index contributed by atoms with van der Waals surface area (Å²) in [6, 6.07) is 7.63. The van der Waals surface area contributed by atoms with Crippen LogP contribution in [0.4, 0.5) is 8.78 Å². The molecule has 0 amide bonds. The first kappa shape index (κ1) is 19.6. The molecular formula is C22H24F2N2O3. The molecule has 2 aliphatic rings. The molecule has 1 aromatic heterocycles. The number of aliphatic imine (C=N–C) groups is 1. The van der Waals surface area contributed by atoms with Crippen molar-refractivity contribution in [3.8, 4) is 17.4 Å². The van der Waals surface area contributed by atoms with E-state index in [1.807, 2.05) is 24.3 Å². The normalized spacial score (nSPS) is 20.5. The Labute approximate surface area is 168 Å². The lowest BCUT2D eigenvalue weighted by Gasteiger charge is -2.35. The van der Waals surface area contributed by atoms with Crippen molar-refractivity contribution in [1.82, 2.24) is 4.98 Å². The number of hydrogen-bond acceptors (Lipinski definition) is 5. The molecule has 1 saturated carbocycles. The summed E-state index contributed by atoms with van der Waals surface area (Å²) in [4.78, 5) is 9.39. The van der Waals surface area contributed by atoms with Gasteiger partial charge in [-0.05, 0) is 36.6 Å². The number of pyridine rings is 1. The molecule has 1 aliphatic carbocycles. The second-order valence-electron chi connectivity index (χ2n) is 7.32. The average Bonchev–Trinajstić information content (AvgIpc) is 2.76. The zero-order valence-corrected chi connectivity index (χ0v) is 16.5. The molecule has 0 radical (unpaired) electrons. The monoisotopic (exact) mass is 402 g/mol. The summed E-state index contributed by atoms with van der Waals surface area (Å²) in [5.41, 5.74) is 3.76. The van der Waals surface area contributed by atoms with E-state index in [2.05, 4.69) is 4.98 Å². The number of rotatable bonds is 6. The lowest BCUT2D eigenvalue weighted by molar-refractivity contribution is 0.0803. The van der Waals surface area contributed by atoms with Crippen LogP contribution in [0.15, 0.2) is 35.5 Å². The van der Waals surface area contributed by atoms with Crippen molar-refractivity contribution in [2.75, 3.05) is 20.8 Å². The van der Waals surface area contributed by atoms with Gasteiger partial charge in [0, 0.05) is 29.3 Å². The molecule has 1 aromatic carbocycles. The second kappa shape index (κ2) is 8.35. The van der Waals surface area contributed by atoms with Crippen LogP contribution >= 0.6 is 0 Å². The first-order chi connectivity index (χ1) is 14.1. The quantitative estimate of drug-likeness (QED) is 0.708. The van der Waals surface area contributed by atoms with Crippen LogP contribution in [0.2, 0.25) is 0 Å². The van der Waals surface area contributed by atoms with Crippen molar-refractivity contribution in [2.24, 2.45) is 4.99 Å². The van der Waals surface area contributed by atoms with E-state index in [1.165, 1.54) is 7.11 Å². The van der Waals surface area contributed by atoms with Crippen LogP contribution in [-0.2, 0) is 0 Å². The van der Waals surface area contributed by atoms with Gasteiger partial charge in [-0.3, -0.25) is 4.99 Å². The molecule has 1 aliphatic heterocycles. The predicted octanol–water partition coefficient (Wildman–Crippen LogP) is 4.62. The van der Waals surface area contributed by atoms with E-state index in [-0.39, 0.29) is 12.0 Å². The number of fused-ring (bicyclic) bond motifs is 3. The molecule has 0 bridgehead atoms. The summed E-state index contributed by atoms with van der Waals surface area (Å²) >= 11 is 0. The highest BCUT2D eigenvalue weighted by atomic mass is 19.3. The minimum absolute atomic E-state index is 0.171. The van der Waals surface area contributed by atoms with Gasteiger partial charge in [-0.1, -0.05) is 12.8 Å². The van der Waals surface area contributed by atoms with E-state index >= 15 is 0 Å². The van der Waals surface area contributed by atoms with Crippen LogP contribution in [0.1, 0.15) is 48.3 Å². The molecule has 2 aromatic rings. The third kappa shape index (κ3) is 3.91. The van der Waals surface area contributed by atoms with Crippen molar-refractivity contribution in [3.05, 3.63) is 47.2 Å². The van der Waals surface area contributed by atoms with Crippen molar-refractivity contribution < 1.29 is 23.0 Å². The molecule has 1 fully saturated rings. The maximum Gasteiger partial charge on any atom is 0.272 e. The standard InChI is InChI=1S/C22H24F2N2O3/c1-27-18-10-16-15(9-19(18)29-12-20(23)24)14-5-3-4-6-17(14)26-22(16)13-7-8-21(28-2)25-11-13/h7-11,14,17,20H,3-6,12H2,1-2H3/t14?,17-/m1/s1. The van der Waals surface area contributed by atoms with Gasteiger partial charge < -0.3 is 14.2 Å². The third-order valence-corrected chi connectivity index (χ3v) is 5.60. The highest BCUT2D eigenvalue weighted by Gasteiger charge is 2.34. The van der Waals surface area contributed by atoms with E-state index in [4.69, 9.17) is 19.2 Å². The number of methoxy groups -OCH3 is 2. The Bertz CT molecular complexity index is 900. The Kier molecular flexibility index (Phi) is 5.65. The summed E-state index contributed by atoms with van der Waals surface area (Å²) in [7, 11) is 3.09. The maximum absolute atomic E-state index is 12.7. The van der Waals surface area contributed by atoms with Crippen LogP contribution in [-0.4, -0.2) is 44.0 Å². The molecule has 2 atom stereocenters. The average molecular weight is 402 g/mol. The Morgan fingerprint density at radius 3 is 2.59 bits per heavy atom. The maximum atomic E-state index is 12.7. The van der Waals surface area contributed by atoms with Crippen molar-refractivity contribution in [3.63, 3.8) is 0 Å². The fourth-order valence-corrected chi connectivity index (χ4v) is 4.25. The van der Waals surface area contributed by atoms with Gasteiger partial charge in [-0.25, -0.2) is 13.8 Å². The first-order valence-electron chi connectivity index (χ1n) is 9.82. The number of hydrogen-bond donors (Lipinski definition) is 0. The predicted molar refractivity (Wildman–Crippen MR) is 106 cm³/mol. The Hall–Kier alpha value is -2.70. The lowest BCUT2D eigenvalue weighted by atomic mass is 9.75. The topological polar surface area (TPSA) is 52.9 Å². The van der Waals surface area contributed by atoms with Gasteiger partial charge in [0.25, 0.3) is 6.43 Å². The Balaban J connectivity index is 1.81. The largest absolute Gasteiger partial charge is 0.493 e. The van der Waals surface area contributed by atoms with Gasteiger partial charge >= 0.3 is 0 Å². The summed E-state index contributed by atoms with van der Waals surface area (Å²) < 4.78 is 41.4. The fourth-order valence-electron chi connectivity index (χ4n) is 4.25. The van der Waals surface area contributed by atoms with E-state index in [1.54, 1.807) is 13.3 Å². The van der Waals surface area contributed by atoms with E-state index < -0.39 is 13.0 Å². The fraction of sp³-hybridized carbons (Fsp3) is 0.455. The minimum atomic E-state index is -2.54. The number of ether oxygens (including phenoxy) is 3. The molecule has 5 nitrogen and oxygen atoms in total. The van der Waals surface area contributed by atoms with Crippen LogP contribution < -0.4 is 14.2 Å². The summed E-state index contributed by atoms with van der Waals surface area (Å²) in [6.07, 6.45) is 3.51. The molecule has 7 heteroatoms. The molecule has 0 saturated heterocycles. The van der Waals surface area contributed by atoms with Crippen LogP contribution in [0.25, 0.3) is 0 Å². The number of aromatic nitrogens is 1. The van der Waals surface area contributed by atoms with E-state index in [0.29, 0.717) is 17.4 Å². The minimum Gasteiger partial charge on any atom is -0.493 e. The SMILES string of the molecule is COc1ccc(C2=N[C@@H]3CCCCC3c3cc(OCC(F)F)c(OC)cc32)cn1. The molecule has 154 valence electrons. The first-order valence-corrected chi connectivity index (χ1v) is 9.82. The van der Waals surface area contributed by atoms with Gasteiger partial charge in [0.05, 0.1) is 26.0 Å². The Morgan fingerprint density at radius 2 is 1.90 bits per heavy atom. The van der Waals surface area contributed by atoms with Crippen LogP contribution in [0.5, 0.6) is 17.4 Å².